The molecule has 0 saturated heterocycles. The molecule has 4 fully saturated rings. The Hall–Kier alpha value is -5.13. The Kier molecular flexibility index (Phi) is 10.6. The second-order valence-electron chi connectivity index (χ2n) is 28.5. The van der Waals surface area contributed by atoms with Gasteiger partial charge in [0.2, 0.25) is 0 Å². The summed E-state index contributed by atoms with van der Waals surface area (Å²) in [5.74, 6) is 2.50. The molecule has 3 nitrogen and oxygen atoms in total. The predicted molar refractivity (Wildman–Crippen MR) is 312 cm³/mol. The Labute approximate surface area is 437 Å². The van der Waals surface area contributed by atoms with Gasteiger partial charge in [-0.05, 0) is 193 Å². The summed E-state index contributed by atoms with van der Waals surface area (Å²) < 4.78 is 1.24. The number of thiazole rings is 1. The maximum absolute atomic E-state index is 5.56. The van der Waals surface area contributed by atoms with Crippen LogP contribution in [0.1, 0.15) is 176 Å². The third-order valence-electron chi connectivity index (χ3n) is 18.0. The number of hydrogen-bond acceptors (Lipinski definition) is 4. The van der Waals surface area contributed by atoms with Crippen molar-refractivity contribution in [3.05, 3.63) is 143 Å². The van der Waals surface area contributed by atoms with E-state index in [9.17, 15) is 0 Å². The van der Waals surface area contributed by atoms with Crippen molar-refractivity contribution >= 4 is 78.8 Å². The quantitative estimate of drug-likeness (QED) is 0.164. The van der Waals surface area contributed by atoms with Gasteiger partial charge in [-0.25, -0.2) is 4.98 Å². The molecular weight excluding hydrogens is 890 g/mol. The summed E-state index contributed by atoms with van der Waals surface area (Å²) >= 11 is 1.85. The number of hydrogen-bond donors (Lipinski definition) is 0. The van der Waals surface area contributed by atoms with Gasteiger partial charge < -0.3 is 9.80 Å². The summed E-state index contributed by atoms with van der Waals surface area (Å²) in [6.45, 7) is 35.3. The van der Waals surface area contributed by atoms with Gasteiger partial charge in [0.05, 0.1) is 10.2 Å². The first kappa shape index (κ1) is 47.9. The number of aromatic nitrogens is 1. The van der Waals surface area contributed by atoms with Crippen molar-refractivity contribution in [1.29, 1.82) is 0 Å². The monoisotopic (exact) mass is 968 g/mol. The summed E-state index contributed by atoms with van der Waals surface area (Å²) in [6, 6.07) is 44.4. The minimum atomic E-state index is -0.0493. The fraction of sp³-hybridized carbons (Fsp3) is 0.448. The maximum Gasteiger partial charge on any atom is 0.252 e. The van der Waals surface area contributed by atoms with Crippen molar-refractivity contribution in [2.75, 3.05) is 9.80 Å². The van der Waals surface area contributed by atoms with Gasteiger partial charge >= 0.3 is 0 Å². The molecule has 370 valence electrons. The lowest BCUT2D eigenvalue weighted by Crippen LogP contribution is -2.61. The predicted octanol–water partition coefficient (Wildman–Crippen LogP) is 17.0. The molecule has 0 radical (unpaired) electrons. The molecule has 5 heteroatoms. The highest BCUT2D eigenvalue weighted by atomic mass is 32.1. The Balaban J connectivity index is 1.19. The third kappa shape index (κ3) is 7.91. The van der Waals surface area contributed by atoms with E-state index in [0.717, 1.165) is 28.3 Å². The molecule has 7 aromatic rings. The van der Waals surface area contributed by atoms with E-state index in [-0.39, 0.29) is 39.2 Å². The second-order valence-corrected chi connectivity index (χ2v) is 29.6. The van der Waals surface area contributed by atoms with Gasteiger partial charge in [-0.2, -0.15) is 0 Å². The summed E-state index contributed by atoms with van der Waals surface area (Å²) in [5, 5.41) is 1.08. The summed E-state index contributed by atoms with van der Waals surface area (Å²) in [7, 11) is 0. The maximum atomic E-state index is 5.56. The molecule has 4 saturated carbocycles. The third-order valence-corrected chi connectivity index (χ3v) is 19.1. The minimum absolute atomic E-state index is 0.0166. The van der Waals surface area contributed by atoms with Crippen molar-refractivity contribution < 1.29 is 0 Å². The van der Waals surface area contributed by atoms with Crippen LogP contribution >= 0.6 is 11.3 Å². The molecule has 4 bridgehead atoms. The van der Waals surface area contributed by atoms with Crippen molar-refractivity contribution in [3.63, 3.8) is 0 Å². The van der Waals surface area contributed by atoms with E-state index in [2.05, 4.69) is 223 Å². The molecule has 13 rings (SSSR count). The van der Waals surface area contributed by atoms with Crippen LogP contribution in [-0.2, 0) is 32.5 Å². The number of anilines is 6. The van der Waals surface area contributed by atoms with Gasteiger partial charge in [0, 0.05) is 39.7 Å². The fourth-order valence-electron chi connectivity index (χ4n) is 14.2. The molecule has 3 heterocycles. The zero-order valence-electron chi connectivity index (χ0n) is 46.2. The summed E-state index contributed by atoms with van der Waals surface area (Å²) in [4.78, 5) is 11.0. The minimum Gasteiger partial charge on any atom is -0.311 e. The van der Waals surface area contributed by atoms with Crippen LogP contribution in [0.25, 0.3) is 20.8 Å². The second kappa shape index (κ2) is 15.9. The van der Waals surface area contributed by atoms with Crippen molar-refractivity contribution in [2.24, 2.45) is 17.8 Å². The Morgan fingerprint density at radius 3 is 1.44 bits per heavy atom. The molecule has 2 aliphatic heterocycles. The van der Waals surface area contributed by atoms with Gasteiger partial charge in [0.25, 0.3) is 6.71 Å². The van der Waals surface area contributed by atoms with Crippen LogP contribution in [0.15, 0.2) is 109 Å². The van der Waals surface area contributed by atoms with E-state index in [1.807, 2.05) is 11.3 Å². The lowest BCUT2D eigenvalue weighted by atomic mass is 9.33. The van der Waals surface area contributed by atoms with Crippen LogP contribution in [0.3, 0.4) is 0 Å². The van der Waals surface area contributed by atoms with Crippen LogP contribution < -0.4 is 26.2 Å². The Morgan fingerprint density at radius 2 is 0.931 bits per heavy atom. The largest absolute Gasteiger partial charge is 0.311 e. The van der Waals surface area contributed by atoms with Crippen LogP contribution in [0, 0.1) is 17.8 Å². The van der Waals surface area contributed by atoms with E-state index in [0.29, 0.717) is 0 Å². The molecule has 6 aliphatic rings. The Bertz CT molecular complexity index is 3230. The van der Waals surface area contributed by atoms with Crippen LogP contribution in [0.4, 0.5) is 34.1 Å². The topological polar surface area (TPSA) is 19.4 Å². The van der Waals surface area contributed by atoms with E-state index in [1.165, 1.54) is 127 Å². The van der Waals surface area contributed by atoms with Gasteiger partial charge in [-0.15, -0.1) is 11.3 Å². The lowest BCUT2D eigenvalue weighted by molar-refractivity contribution is -0.00514. The van der Waals surface area contributed by atoms with E-state index < -0.39 is 0 Å². The zero-order chi connectivity index (χ0) is 50.8. The average molecular weight is 968 g/mol. The summed E-state index contributed by atoms with van der Waals surface area (Å²) in [5.41, 5.74) is 22.8. The SMILES string of the molecule is CC(C)(C)c1ccc(-c2nc3cc4c(cc3s2)B2c3cc(C(C)(C)C)ccc3N(c3ccc(C(C)(C)C)cc3)c3cc(C56CC7CC(CC(C7)C5)C6)cc(c32)N4c2cc(C(C)(C)C)cc(C(C)(C)C)c2)cc1. The van der Waals surface area contributed by atoms with Crippen molar-refractivity contribution in [2.45, 2.75) is 175 Å². The highest BCUT2D eigenvalue weighted by Crippen LogP contribution is 2.62. The molecule has 0 N–H and O–H groups in total. The lowest BCUT2D eigenvalue weighted by Gasteiger charge is -2.57. The van der Waals surface area contributed by atoms with Gasteiger partial charge in [-0.1, -0.05) is 158 Å². The molecule has 0 unspecified atom stereocenters. The zero-order valence-corrected chi connectivity index (χ0v) is 47.0. The first-order valence-corrected chi connectivity index (χ1v) is 28.3. The number of benzene rings is 6. The van der Waals surface area contributed by atoms with E-state index in [1.54, 1.807) is 5.56 Å². The van der Waals surface area contributed by atoms with Crippen molar-refractivity contribution in [1.82, 2.24) is 4.98 Å². The fourth-order valence-corrected chi connectivity index (χ4v) is 15.2. The molecule has 4 aliphatic carbocycles. The number of fused-ring (bicyclic) bond motifs is 5. The molecule has 0 amide bonds. The Morgan fingerprint density at radius 1 is 0.458 bits per heavy atom. The van der Waals surface area contributed by atoms with Crippen LogP contribution in [-0.4, -0.2) is 11.7 Å². The first-order chi connectivity index (χ1) is 33.7. The van der Waals surface area contributed by atoms with Crippen LogP contribution in [0.5, 0.6) is 0 Å². The highest BCUT2D eigenvalue weighted by molar-refractivity contribution is 7.21. The van der Waals surface area contributed by atoms with Crippen molar-refractivity contribution in [3.8, 4) is 10.6 Å². The first-order valence-electron chi connectivity index (χ1n) is 27.5. The standard InChI is InChI=1S/C67H78BN3S/c1-62(2,3)44-18-16-43(17-19-44)61-69-54-36-56-53(35-59(54)72-61)68-52-32-46(64(7,8)9)22-25-55(52)70(50-23-20-45(21-24-50)63(4,5)6)57-33-49(67-37-40-26-41(38-67)28-42(27-40)39-67)34-58(60(57)68)71(56)51-30-47(65(10,11)12)29-48(31-51)66(13,14)15/h16-25,29-36,40-42H,26-28,37-39H2,1-15H3. The van der Waals surface area contributed by atoms with Crippen LogP contribution in [0.2, 0.25) is 0 Å². The molecule has 1 aromatic heterocycles. The van der Waals surface area contributed by atoms with Gasteiger partial charge in [-0.3, -0.25) is 0 Å². The molecule has 0 spiro atoms. The van der Waals surface area contributed by atoms with Gasteiger partial charge in [0.1, 0.15) is 5.01 Å². The smallest absolute Gasteiger partial charge is 0.252 e. The van der Waals surface area contributed by atoms with E-state index >= 15 is 0 Å². The molecule has 0 atom stereocenters. The van der Waals surface area contributed by atoms with E-state index in [4.69, 9.17) is 4.98 Å². The molecular formula is C67H78BN3S. The number of nitrogens with zero attached hydrogens (tertiary/aromatic N) is 3. The van der Waals surface area contributed by atoms with Gasteiger partial charge in [0.15, 0.2) is 0 Å². The normalized spacial score (nSPS) is 21.6. The number of rotatable bonds is 4. The highest BCUT2D eigenvalue weighted by Gasteiger charge is 2.53. The molecule has 72 heavy (non-hydrogen) atoms. The average Bonchev–Trinajstić information content (AvgIpc) is 3.72. The summed E-state index contributed by atoms with van der Waals surface area (Å²) in [6.07, 6.45) is 8.22. The molecule has 6 aromatic carbocycles.